The average Bonchev–Trinajstić information content (AvgIpc) is 2.92. The number of rotatable bonds is 2. The van der Waals surface area contributed by atoms with Crippen LogP contribution < -0.4 is 10.2 Å². The number of amides is 2. The molecule has 0 spiro atoms. The Bertz CT molecular complexity index is 741. The molecule has 4 nitrogen and oxygen atoms in total. The lowest BCUT2D eigenvalue weighted by Crippen LogP contribution is -2.25. The zero-order valence-corrected chi connectivity index (χ0v) is 13.7. The summed E-state index contributed by atoms with van der Waals surface area (Å²) in [7, 11) is 0. The molecule has 2 amide bonds. The van der Waals surface area contributed by atoms with Gasteiger partial charge in [-0.05, 0) is 54.4 Å². The first kappa shape index (κ1) is 14.8. The number of carbonyl (C=O) groups is 2. The SMILES string of the molecule is CC(=O)N1CCc2cc(C(=O)Nc3ccc(Br)cc3)ccc21. The molecule has 0 fully saturated rings. The molecule has 0 aromatic heterocycles. The van der Waals surface area contributed by atoms with E-state index in [-0.39, 0.29) is 11.8 Å². The number of benzene rings is 2. The maximum Gasteiger partial charge on any atom is 0.255 e. The topological polar surface area (TPSA) is 49.4 Å². The molecule has 0 saturated heterocycles. The number of carbonyl (C=O) groups excluding carboxylic acids is 2. The molecule has 22 heavy (non-hydrogen) atoms. The zero-order valence-electron chi connectivity index (χ0n) is 12.1. The highest BCUT2D eigenvalue weighted by molar-refractivity contribution is 9.10. The van der Waals surface area contributed by atoms with E-state index >= 15 is 0 Å². The van der Waals surface area contributed by atoms with E-state index in [1.807, 2.05) is 36.4 Å². The van der Waals surface area contributed by atoms with Crippen molar-refractivity contribution in [1.82, 2.24) is 0 Å². The molecule has 1 heterocycles. The van der Waals surface area contributed by atoms with Crippen LogP contribution in [0.5, 0.6) is 0 Å². The van der Waals surface area contributed by atoms with Crippen LogP contribution in [0.2, 0.25) is 0 Å². The normalized spacial score (nSPS) is 12.9. The van der Waals surface area contributed by atoms with Crippen molar-refractivity contribution in [2.24, 2.45) is 0 Å². The highest BCUT2D eigenvalue weighted by Crippen LogP contribution is 2.29. The van der Waals surface area contributed by atoms with Crippen LogP contribution in [-0.4, -0.2) is 18.4 Å². The molecule has 0 saturated carbocycles. The lowest BCUT2D eigenvalue weighted by Gasteiger charge is -2.14. The first-order chi connectivity index (χ1) is 10.5. The fourth-order valence-electron chi connectivity index (χ4n) is 2.61. The molecule has 0 atom stereocenters. The van der Waals surface area contributed by atoms with Crippen LogP contribution in [0.4, 0.5) is 11.4 Å². The van der Waals surface area contributed by atoms with E-state index in [4.69, 9.17) is 0 Å². The Morgan fingerprint density at radius 3 is 2.55 bits per heavy atom. The van der Waals surface area contributed by atoms with Gasteiger partial charge in [0, 0.05) is 34.9 Å². The standard InChI is InChI=1S/C17H15BrN2O2/c1-11(21)20-9-8-12-10-13(2-7-16(12)20)17(22)19-15-5-3-14(18)4-6-15/h2-7,10H,8-9H2,1H3,(H,19,22). The van der Waals surface area contributed by atoms with E-state index in [9.17, 15) is 9.59 Å². The molecule has 3 rings (SSSR count). The number of fused-ring (bicyclic) bond motifs is 1. The molecule has 0 bridgehead atoms. The summed E-state index contributed by atoms with van der Waals surface area (Å²) in [6.45, 7) is 2.24. The second-order valence-electron chi connectivity index (χ2n) is 5.23. The molecular weight excluding hydrogens is 344 g/mol. The summed E-state index contributed by atoms with van der Waals surface area (Å²) in [4.78, 5) is 25.6. The quantitative estimate of drug-likeness (QED) is 0.891. The molecule has 2 aromatic carbocycles. The molecule has 0 radical (unpaired) electrons. The van der Waals surface area contributed by atoms with Crippen molar-refractivity contribution in [3.8, 4) is 0 Å². The van der Waals surface area contributed by atoms with Crippen LogP contribution in [0.15, 0.2) is 46.9 Å². The first-order valence-corrected chi connectivity index (χ1v) is 7.82. The van der Waals surface area contributed by atoms with Crippen LogP contribution in [0.3, 0.4) is 0 Å². The molecular formula is C17H15BrN2O2. The van der Waals surface area contributed by atoms with Crippen molar-refractivity contribution in [2.45, 2.75) is 13.3 Å². The molecule has 0 unspecified atom stereocenters. The van der Waals surface area contributed by atoms with E-state index in [2.05, 4.69) is 21.2 Å². The smallest absolute Gasteiger partial charge is 0.255 e. The number of hydrogen-bond acceptors (Lipinski definition) is 2. The van der Waals surface area contributed by atoms with Crippen LogP contribution in [-0.2, 0) is 11.2 Å². The van der Waals surface area contributed by atoms with E-state index in [0.29, 0.717) is 12.1 Å². The van der Waals surface area contributed by atoms with Crippen LogP contribution in [0, 0.1) is 0 Å². The van der Waals surface area contributed by atoms with Crippen molar-refractivity contribution in [3.05, 3.63) is 58.1 Å². The summed E-state index contributed by atoms with van der Waals surface area (Å²) in [5.41, 5.74) is 3.30. The summed E-state index contributed by atoms with van der Waals surface area (Å²) < 4.78 is 0.965. The van der Waals surface area contributed by atoms with Crippen molar-refractivity contribution >= 4 is 39.1 Å². The fourth-order valence-corrected chi connectivity index (χ4v) is 2.87. The van der Waals surface area contributed by atoms with Gasteiger partial charge in [0.15, 0.2) is 0 Å². The molecule has 112 valence electrons. The van der Waals surface area contributed by atoms with Gasteiger partial charge in [0.05, 0.1) is 0 Å². The van der Waals surface area contributed by atoms with Crippen LogP contribution >= 0.6 is 15.9 Å². The molecule has 2 aromatic rings. The summed E-state index contributed by atoms with van der Waals surface area (Å²) in [6, 6.07) is 12.9. The maximum atomic E-state index is 12.3. The average molecular weight is 359 g/mol. The minimum Gasteiger partial charge on any atom is -0.322 e. The third-order valence-corrected chi connectivity index (χ3v) is 4.25. The lowest BCUT2D eigenvalue weighted by molar-refractivity contribution is -0.116. The molecule has 1 N–H and O–H groups in total. The first-order valence-electron chi connectivity index (χ1n) is 7.02. The number of anilines is 2. The van der Waals surface area contributed by atoms with Gasteiger partial charge in [-0.25, -0.2) is 0 Å². The second-order valence-corrected chi connectivity index (χ2v) is 6.14. The predicted molar refractivity (Wildman–Crippen MR) is 90.3 cm³/mol. The number of nitrogens with zero attached hydrogens (tertiary/aromatic N) is 1. The predicted octanol–water partition coefficient (Wildman–Crippen LogP) is 3.61. The molecule has 5 heteroatoms. The summed E-state index contributed by atoms with van der Waals surface area (Å²) in [5, 5.41) is 2.87. The van der Waals surface area contributed by atoms with Gasteiger partial charge in [0.2, 0.25) is 5.91 Å². The Hall–Kier alpha value is -2.14. The Kier molecular flexibility index (Phi) is 3.98. The van der Waals surface area contributed by atoms with Crippen LogP contribution in [0.1, 0.15) is 22.8 Å². The van der Waals surface area contributed by atoms with Gasteiger partial charge in [0.25, 0.3) is 5.91 Å². The van der Waals surface area contributed by atoms with Gasteiger partial charge in [-0.15, -0.1) is 0 Å². The van der Waals surface area contributed by atoms with Crippen molar-refractivity contribution in [2.75, 3.05) is 16.8 Å². The van der Waals surface area contributed by atoms with Gasteiger partial charge < -0.3 is 10.2 Å². The van der Waals surface area contributed by atoms with Gasteiger partial charge >= 0.3 is 0 Å². The number of hydrogen-bond donors (Lipinski definition) is 1. The van der Waals surface area contributed by atoms with E-state index in [1.54, 1.807) is 17.9 Å². The Balaban J connectivity index is 1.80. The third kappa shape index (κ3) is 2.90. The van der Waals surface area contributed by atoms with Gasteiger partial charge in [-0.2, -0.15) is 0 Å². The minimum absolute atomic E-state index is 0.0332. The van der Waals surface area contributed by atoms with Gasteiger partial charge in [-0.3, -0.25) is 9.59 Å². The third-order valence-electron chi connectivity index (χ3n) is 3.72. The second kappa shape index (κ2) is 5.93. The Labute approximate surface area is 137 Å². The molecule has 1 aliphatic rings. The highest BCUT2D eigenvalue weighted by atomic mass is 79.9. The molecule has 0 aliphatic carbocycles. The Morgan fingerprint density at radius 1 is 1.14 bits per heavy atom. The minimum atomic E-state index is -0.147. The van der Waals surface area contributed by atoms with Crippen LogP contribution in [0.25, 0.3) is 0 Å². The monoisotopic (exact) mass is 358 g/mol. The summed E-state index contributed by atoms with van der Waals surface area (Å²) >= 11 is 3.36. The molecule has 1 aliphatic heterocycles. The van der Waals surface area contributed by atoms with Crippen molar-refractivity contribution in [1.29, 1.82) is 0 Å². The van der Waals surface area contributed by atoms with Crippen molar-refractivity contribution < 1.29 is 9.59 Å². The maximum absolute atomic E-state index is 12.3. The van der Waals surface area contributed by atoms with Crippen molar-refractivity contribution in [3.63, 3.8) is 0 Å². The Morgan fingerprint density at radius 2 is 1.86 bits per heavy atom. The van der Waals surface area contributed by atoms with Gasteiger partial charge in [-0.1, -0.05) is 15.9 Å². The number of halogens is 1. The van der Waals surface area contributed by atoms with Gasteiger partial charge in [0.1, 0.15) is 0 Å². The largest absolute Gasteiger partial charge is 0.322 e. The number of nitrogens with one attached hydrogen (secondary N) is 1. The lowest BCUT2D eigenvalue weighted by atomic mass is 10.1. The highest BCUT2D eigenvalue weighted by Gasteiger charge is 2.23. The summed E-state index contributed by atoms with van der Waals surface area (Å²) in [6.07, 6.45) is 0.786. The zero-order chi connectivity index (χ0) is 15.7. The summed E-state index contributed by atoms with van der Waals surface area (Å²) in [5.74, 6) is -0.114. The van der Waals surface area contributed by atoms with E-state index in [1.165, 1.54) is 0 Å². The fraction of sp³-hybridized carbons (Fsp3) is 0.176. The van der Waals surface area contributed by atoms with E-state index < -0.39 is 0 Å². The van der Waals surface area contributed by atoms with E-state index in [0.717, 1.165) is 27.8 Å².